The number of halogens is 1. The number of rotatable bonds is 2. The van der Waals surface area contributed by atoms with Gasteiger partial charge in [-0.25, -0.2) is 4.98 Å². The predicted molar refractivity (Wildman–Crippen MR) is 49.5 cm³/mol. The van der Waals surface area contributed by atoms with Gasteiger partial charge in [0, 0.05) is 11.1 Å². The van der Waals surface area contributed by atoms with Crippen LogP contribution in [0, 0.1) is 0 Å². The zero-order valence-corrected chi connectivity index (χ0v) is 8.08. The van der Waals surface area contributed by atoms with E-state index in [1.807, 2.05) is 17.3 Å². The molecule has 0 unspecified atom stereocenters. The quantitative estimate of drug-likeness (QED) is 0.743. The Labute approximate surface area is 72.9 Å². The Bertz CT molecular complexity index is 229. The van der Waals surface area contributed by atoms with Gasteiger partial charge in [0.1, 0.15) is 0 Å². The summed E-state index contributed by atoms with van der Waals surface area (Å²) in [6, 6.07) is 0. The highest BCUT2D eigenvalue weighted by molar-refractivity contribution is 9.11. The molecule has 0 saturated heterocycles. The lowest BCUT2D eigenvalue weighted by atomic mass is 10.5. The molecule has 0 aliphatic rings. The Morgan fingerprint density at radius 1 is 1.80 bits per heavy atom. The van der Waals surface area contributed by atoms with Gasteiger partial charge < -0.3 is 0 Å². The van der Waals surface area contributed by atoms with Crippen LogP contribution in [-0.4, -0.2) is 4.98 Å². The third-order valence-electron chi connectivity index (χ3n) is 1.10. The van der Waals surface area contributed by atoms with Crippen LogP contribution in [0.15, 0.2) is 11.2 Å². The summed E-state index contributed by atoms with van der Waals surface area (Å²) >= 11 is 4.95. The van der Waals surface area contributed by atoms with Crippen LogP contribution in [0.1, 0.15) is 16.8 Å². The number of hydrogen-bond donors (Lipinski definition) is 0. The summed E-state index contributed by atoms with van der Waals surface area (Å²) in [5.74, 6) is 0. The normalized spacial score (nSPS) is 11.0. The molecule has 1 rings (SSSR count). The number of aromatic nitrogens is 1. The maximum Gasteiger partial charge on any atom is 0.0928 e. The first-order valence-corrected chi connectivity index (χ1v) is 4.81. The first kappa shape index (κ1) is 7.95. The van der Waals surface area contributed by atoms with E-state index in [0.29, 0.717) is 0 Å². The summed E-state index contributed by atoms with van der Waals surface area (Å²) in [5.41, 5.74) is 0. The number of thiazole rings is 1. The van der Waals surface area contributed by atoms with Crippen molar-refractivity contribution in [1.82, 2.24) is 4.98 Å². The molecular weight excluding hydrogens is 210 g/mol. The molecule has 10 heavy (non-hydrogen) atoms. The molecule has 0 spiro atoms. The lowest BCUT2D eigenvalue weighted by Gasteiger charge is -1.79. The van der Waals surface area contributed by atoms with Crippen LogP contribution >= 0.6 is 27.3 Å². The average molecular weight is 218 g/mol. The van der Waals surface area contributed by atoms with Crippen molar-refractivity contribution in [3.8, 4) is 0 Å². The minimum atomic E-state index is 1.03. The molecule has 0 bridgehead atoms. The Morgan fingerprint density at radius 2 is 2.60 bits per heavy atom. The molecule has 0 fully saturated rings. The van der Waals surface area contributed by atoms with Gasteiger partial charge in [-0.05, 0) is 17.5 Å². The van der Waals surface area contributed by atoms with Crippen molar-refractivity contribution in [3.05, 3.63) is 21.1 Å². The van der Waals surface area contributed by atoms with Crippen molar-refractivity contribution >= 4 is 33.3 Å². The maximum atomic E-state index is 4.20. The fraction of sp³-hybridized carbons (Fsp3) is 0.286. The highest BCUT2D eigenvalue weighted by atomic mass is 79.9. The lowest BCUT2D eigenvalue weighted by Crippen LogP contribution is -1.70. The van der Waals surface area contributed by atoms with E-state index in [2.05, 4.69) is 27.8 Å². The number of nitrogens with zero attached hydrogens (tertiary/aromatic N) is 1. The van der Waals surface area contributed by atoms with Gasteiger partial charge in [-0.3, -0.25) is 0 Å². The van der Waals surface area contributed by atoms with E-state index in [1.54, 1.807) is 11.3 Å². The topological polar surface area (TPSA) is 12.9 Å². The summed E-state index contributed by atoms with van der Waals surface area (Å²) in [4.78, 5) is 7.25. The zero-order valence-electron chi connectivity index (χ0n) is 5.67. The third kappa shape index (κ3) is 1.92. The van der Waals surface area contributed by atoms with Crippen LogP contribution in [0.3, 0.4) is 0 Å². The van der Waals surface area contributed by atoms with Crippen LogP contribution in [0.5, 0.6) is 0 Å². The molecule has 1 aromatic heterocycles. The Kier molecular flexibility index (Phi) is 3.09. The molecule has 0 aromatic carbocycles. The fourth-order valence-electron chi connectivity index (χ4n) is 0.627. The lowest BCUT2D eigenvalue weighted by molar-refractivity contribution is 1.09. The van der Waals surface area contributed by atoms with Crippen LogP contribution in [0.25, 0.3) is 6.08 Å². The number of hydrogen-bond acceptors (Lipinski definition) is 2. The molecule has 1 nitrogen and oxygen atoms in total. The second kappa shape index (κ2) is 3.88. The van der Waals surface area contributed by atoms with Gasteiger partial charge in [0.15, 0.2) is 0 Å². The summed E-state index contributed by atoms with van der Waals surface area (Å²) in [6.45, 7) is 2.11. The average Bonchev–Trinajstić information content (AvgIpc) is 2.37. The van der Waals surface area contributed by atoms with Crippen molar-refractivity contribution in [2.75, 3.05) is 0 Å². The molecule has 0 N–H and O–H groups in total. The predicted octanol–water partition coefficient (Wildman–Crippen LogP) is 3.07. The summed E-state index contributed by atoms with van der Waals surface area (Å²) in [6.07, 6.45) is 4.92. The highest BCUT2D eigenvalue weighted by Crippen LogP contribution is 2.15. The van der Waals surface area contributed by atoms with Crippen LogP contribution < -0.4 is 0 Å². The van der Waals surface area contributed by atoms with Gasteiger partial charge >= 0.3 is 0 Å². The standard InChI is InChI=1S/C7H8BrNS/c1-2-7-9-5-6(10-7)3-4-8/h3-5H,2H2,1H3/b4-3+. The summed E-state index contributed by atoms with van der Waals surface area (Å²) < 4.78 is 0. The highest BCUT2D eigenvalue weighted by Gasteiger charge is 1.94. The van der Waals surface area contributed by atoms with Gasteiger partial charge in [-0.1, -0.05) is 22.9 Å². The Hall–Kier alpha value is -0.150. The summed E-state index contributed by atoms with van der Waals surface area (Å²) in [5, 5.41) is 1.20. The van der Waals surface area contributed by atoms with Crippen molar-refractivity contribution in [3.63, 3.8) is 0 Å². The SMILES string of the molecule is CCc1ncc(/C=C/Br)s1. The van der Waals surface area contributed by atoms with Crippen LogP contribution in [-0.2, 0) is 6.42 Å². The smallest absolute Gasteiger partial charge is 0.0928 e. The van der Waals surface area contributed by atoms with E-state index in [1.165, 1.54) is 9.88 Å². The summed E-state index contributed by atoms with van der Waals surface area (Å²) in [7, 11) is 0. The fourth-order valence-corrected chi connectivity index (χ4v) is 1.85. The zero-order chi connectivity index (χ0) is 7.40. The second-order valence-corrected chi connectivity index (χ2v) is 3.48. The van der Waals surface area contributed by atoms with E-state index in [9.17, 15) is 0 Å². The second-order valence-electron chi connectivity index (χ2n) is 1.80. The molecule has 3 heteroatoms. The van der Waals surface area contributed by atoms with Gasteiger partial charge in [0.05, 0.1) is 5.01 Å². The molecule has 0 amide bonds. The number of aryl methyl sites for hydroxylation is 1. The minimum absolute atomic E-state index is 1.03. The van der Waals surface area contributed by atoms with E-state index in [4.69, 9.17) is 0 Å². The molecule has 0 radical (unpaired) electrons. The molecule has 1 aromatic rings. The van der Waals surface area contributed by atoms with Crippen molar-refractivity contribution in [1.29, 1.82) is 0 Å². The van der Waals surface area contributed by atoms with E-state index in [-0.39, 0.29) is 0 Å². The molecule has 0 saturated carbocycles. The van der Waals surface area contributed by atoms with Gasteiger partial charge in [0.25, 0.3) is 0 Å². The van der Waals surface area contributed by atoms with Gasteiger partial charge in [-0.2, -0.15) is 0 Å². The van der Waals surface area contributed by atoms with Gasteiger partial charge in [0.2, 0.25) is 0 Å². The third-order valence-corrected chi connectivity index (χ3v) is 2.47. The van der Waals surface area contributed by atoms with E-state index in [0.717, 1.165) is 6.42 Å². The first-order valence-electron chi connectivity index (χ1n) is 3.08. The van der Waals surface area contributed by atoms with Crippen molar-refractivity contribution in [2.24, 2.45) is 0 Å². The van der Waals surface area contributed by atoms with Gasteiger partial charge in [-0.15, -0.1) is 11.3 Å². The molecule has 0 aliphatic carbocycles. The molecule has 0 aliphatic heterocycles. The Morgan fingerprint density at radius 3 is 3.10 bits per heavy atom. The van der Waals surface area contributed by atoms with Crippen LogP contribution in [0.4, 0.5) is 0 Å². The molecule has 0 atom stereocenters. The monoisotopic (exact) mass is 217 g/mol. The van der Waals surface area contributed by atoms with E-state index < -0.39 is 0 Å². The maximum absolute atomic E-state index is 4.20. The largest absolute Gasteiger partial charge is 0.249 e. The molecular formula is C7H8BrNS. The van der Waals surface area contributed by atoms with Crippen LogP contribution in [0.2, 0.25) is 0 Å². The molecule has 1 heterocycles. The van der Waals surface area contributed by atoms with E-state index >= 15 is 0 Å². The first-order chi connectivity index (χ1) is 4.86. The molecule has 54 valence electrons. The van der Waals surface area contributed by atoms with Crippen molar-refractivity contribution in [2.45, 2.75) is 13.3 Å². The Balaban J connectivity index is 2.78. The van der Waals surface area contributed by atoms with Crippen molar-refractivity contribution < 1.29 is 0 Å². The minimum Gasteiger partial charge on any atom is -0.249 e.